The molecule has 2 heterocycles. The summed E-state index contributed by atoms with van der Waals surface area (Å²) in [6.45, 7) is 3.23. The maximum absolute atomic E-state index is 13.1. The summed E-state index contributed by atoms with van der Waals surface area (Å²) in [5.41, 5.74) is 3.27. The molecule has 2 aromatic carbocycles. The highest BCUT2D eigenvalue weighted by Gasteiger charge is 2.43. The van der Waals surface area contributed by atoms with Crippen molar-refractivity contribution in [3.63, 3.8) is 0 Å². The molecule has 0 saturated carbocycles. The van der Waals surface area contributed by atoms with E-state index in [0.29, 0.717) is 5.82 Å². The van der Waals surface area contributed by atoms with Gasteiger partial charge in [0.2, 0.25) is 5.91 Å². The van der Waals surface area contributed by atoms with Gasteiger partial charge in [-0.15, -0.1) is 0 Å². The summed E-state index contributed by atoms with van der Waals surface area (Å²) < 4.78 is 1.71. The van der Waals surface area contributed by atoms with Crippen LogP contribution in [0.15, 0.2) is 72.5 Å². The van der Waals surface area contributed by atoms with Crippen molar-refractivity contribution in [2.45, 2.75) is 19.8 Å². The Morgan fingerprint density at radius 2 is 1.72 bits per heavy atom. The third kappa shape index (κ3) is 3.33. The molecule has 6 heteroatoms. The zero-order valence-electron chi connectivity index (χ0n) is 16.2. The van der Waals surface area contributed by atoms with Crippen LogP contribution in [0.3, 0.4) is 0 Å². The fourth-order valence-electron chi connectivity index (χ4n) is 3.92. The van der Waals surface area contributed by atoms with Crippen LogP contribution in [0.5, 0.6) is 0 Å². The molecule has 0 bridgehead atoms. The Morgan fingerprint density at radius 3 is 2.34 bits per heavy atom. The van der Waals surface area contributed by atoms with Crippen LogP contribution in [0.25, 0.3) is 5.69 Å². The quantitative estimate of drug-likeness (QED) is 0.525. The Kier molecular flexibility index (Phi) is 4.76. The maximum Gasteiger partial charge on any atom is 0.237 e. The number of anilines is 1. The summed E-state index contributed by atoms with van der Waals surface area (Å²) >= 11 is 0. The molecule has 3 aromatic rings. The average Bonchev–Trinajstić information content (AvgIpc) is 3.03. The van der Waals surface area contributed by atoms with Crippen LogP contribution < -0.4 is 5.32 Å². The first-order chi connectivity index (χ1) is 14.0. The van der Waals surface area contributed by atoms with Gasteiger partial charge in [-0.1, -0.05) is 48.5 Å². The SMILES string of the molecule is CC(=O)/C=C(\O)C1C(=O)Nc2c(c(C)nn2-c2ccccc2)C1c1ccccc1. The smallest absolute Gasteiger partial charge is 0.237 e. The number of hydrogen-bond donors (Lipinski definition) is 2. The minimum Gasteiger partial charge on any atom is -0.511 e. The second kappa shape index (κ2) is 7.39. The number of hydrogen-bond acceptors (Lipinski definition) is 4. The topological polar surface area (TPSA) is 84.2 Å². The molecule has 146 valence electrons. The first-order valence-corrected chi connectivity index (χ1v) is 9.39. The van der Waals surface area contributed by atoms with Crippen LogP contribution in [0, 0.1) is 12.8 Å². The van der Waals surface area contributed by atoms with Crippen molar-refractivity contribution in [3.8, 4) is 5.69 Å². The number of nitrogens with zero attached hydrogens (tertiary/aromatic N) is 2. The van der Waals surface area contributed by atoms with Crippen molar-refractivity contribution in [1.82, 2.24) is 9.78 Å². The van der Waals surface area contributed by atoms with E-state index in [4.69, 9.17) is 0 Å². The van der Waals surface area contributed by atoms with Crippen LogP contribution in [-0.2, 0) is 9.59 Å². The highest BCUT2D eigenvalue weighted by atomic mass is 16.3. The number of aliphatic hydroxyl groups is 1. The number of ketones is 1. The van der Waals surface area contributed by atoms with Crippen molar-refractivity contribution in [2.24, 2.45) is 5.92 Å². The molecule has 1 aliphatic rings. The number of aliphatic hydroxyl groups excluding tert-OH is 1. The fraction of sp³-hybridized carbons (Fsp3) is 0.174. The summed E-state index contributed by atoms with van der Waals surface area (Å²) in [5.74, 6) is -1.74. The zero-order chi connectivity index (χ0) is 20.5. The number of aryl methyl sites for hydroxylation is 1. The number of amides is 1. The molecule has 2 unspecified atom stereocenters. The predicted octanol–water partition coefficient (Wildman–Crippen LogP) is 3.91. The lowest BCUT2D eigenvalue weighted by atomic mass is 9.76. The molecular weight excluding hydrogens is 366 g/mol. The molecule has 1 aromatic heterocycles. The molecule has 0 saturated heterocycles. The van der Waals surface area contributed by atoms with Gasteiger partial charge in [0.1, 0.15) is 17.5 Å². The largest absolute Gasteiger partial charge is 0.511 e. The Morgan fingerprint density at radius 1 is 1.10 bits per heavy atom. The van der Waals surface area contributed by atoms with Crippen molar-refractivity contribution < 1.29 is 14.7 Å². The van der Waals surface area contributed by atoms with E-state index in [2.05, 4.69) is 10.4 Å². The van der Waals surface area contributed by atoms with Gasteiger partial charge in [0, 0.05) is 17.6 Å². The van der Waals surface area contributed by atoms with Crippen LogP contribution in [0.4, 0.5) is 5.82 Å². The molecular formula is C23H21N3O3. The molecule has 1 amide bonds. The minimum atomic E-state index is -0.916. The predicted molar refractivity (Wildman–Crippen MR) is 110 cm³/mol. The van der Waals surface area contributed by atoms with Crippen LogP contribution in [0.2, 0.25) is 0 Å². The van der Waals surface area contributed by atoms with E-state index >= 15 is 0 Å². The van der Waals surface area contributed by atoms with E-state index in [0.717, 1.165) is 28.6 Å². The van der Waals surface area contributed by atoms with Gasteiger partial charge in [-0.05, 0) is 31.5 Å². The molecule has 0 fully saturated rings. The summed E-state index contributed by atoms with van der Waals surface area (Å²) in [6.07, 6.45) is 1.11. The molecule has 4 rings (SSSR count). The Hall–Kier alpha value is -3.67. The van der Waals surface area contributed by atoms with E-state index in [1.807, 2.05) is 67.6 Å². The van der Waals surface area contributed by atoms with Gasteiger partial charge in [-0.25, -0.2) is 4.68 Å². The number of fused-ring (bicyclic) bond motifs is 1. The Balaban J connectivity index is 1.95. The number of rotatable bonds is 4. The second-order valence-corrected chi connectivity index (χ2v) is 7.13. The van der Waals surface area contributed by atoms with E-state index in [-0.39, 0.29) is 17.4 Å². The summed E-state index contributed by atoms with van der Waals surface area (Å²) in [6, 6.07) is 19.1. The standard InChI is InChI=1S/C23H21N3O3/c1-14(27)13-18(28)21-20(16-9-5-3-6-10-16)19-15(2)25-26(22(19)24-23(21)29)17-11-7-4-8-12-17/h3-13,20-21,28H,1-2H3,(H,24,29)/b18-13-. The lowest BCUT2D eigenvalue weighted by Gasteiger charge is -2.32. The minimum absolute atomic E-state index is 0.249. The van der Waals surface area contributed by atoms with Crippen molar-refractivity contribution in [1.29, 1.82) is 0 Å². The molecule has 1 aliphatic heterocycles. The number of para-hydroxylation sites is 1. The first-order valence-electron chi connectivity index (χ1n) is 9.39. The molecule has 2 N–H and O–H groups in total. The van der Waals surface area contributed by atoms with E-state index in [1.165, 1.54) is 6.92 Å². The van der Waals surface area contributed by atoms with Gasteiger partial charge in [0.15, 0.2) is 5.78 Å². The number of carbonyl (C=O) groups excluding carboxylic acids is 2. The van der Waals surface area contributed by atoms with E-state index in [9.17, 15) is 14.7 Å². The molecule has 29 heavy (non-hydrogen) atoms. The van der Waals surface area contributed by atoms with Crippen LogP contribution in [0.1, 0.15) is 29.7 Å². The zero-order valence-corrected chi connectivity index (χ0v) is 16.2. The van der Waals surface area contributed by atoms with Gasteiger partial charge >= 0.3 is 0 Å². The number of carbonyl (C=O) groups is 2. The third-order valence-electron chi connectivity index (χ3n) is 5.10. The fourth-order valence-corrected chi connectivity index (χ4v) is 3.92. The van der Waals surface area contributed by atoms with Gasteiger partial charge in [-0.2, -0.15) is 5.10 Å². The summed E-state index contributed by atoms with van der Waals surface area (Å²) in [4.78, 5) is 24.7. The lowest BCUT2D eigenvalue weighted by Crippen LogP contribution is -2.36. The number of allylic oxidation sites excluding steroid dienone is 1. The Labute approximate surface area is 168 Å². The van der Waals surface area contributed by atoms with Gasteiger partial charge in [0.05, 0.1) is 11.4 Å². The second-order valence-electron chi connectivity index (χ2n) is 7.13. The van der Waals surface area contributed by atoms with Crippen molar-refractivity contribution in [3.05, 3.63) is 89.3 Å². The normalized spacial score (nSPS) is 18.8. The van der Waals surface area contributed by atoms with Gasteiger partial charge in [0.25, 0.3) is 0 Å². The van der Waals surface area contributed by atoms with E-state index < -0.39 is 11.8 Å². The van der Waals surface area contributed by atoms with Crippen molar-refractivity contribution >= 4 is 17.5 Å². The molecule has 6 nitrogen and oxygen atoms in total. The molecule has 0 radical (unpaired) electrons. The Bertz CT molecular complexity index is 1100. The van der Waals surface area contributed by atoms with Gasteiger partial charge < -0.3 is 10.4 Å². The molecule has 2 atom stereocenters. The van der Waals surface area contributed by atoms with Crippen LogP contribution in [-0.4, -0.2) is 26.6 Å². The average molecular weight is 387 g/mol. The van der Waals surface area contributed by atoms with Crippen molar-refractivity contribution in [2.75, 3.05) is 5.32 Å². The third-order valence-corrected chi connectivity index (χ3v) is 5.10. The lowest BCUT2D eigenvalue weighted by molar-refractivity contribution is -0.120. The number of aromatic nitrogens is 2. The summed E-state index contributed by atoms with van der Waals surface area (Å²) in [5, 5.41) is 18.2. The highest BCUT2D eigenvalue weighted by Crippen LogP contribution is 2.45. The number of benzene rings is 2. The number of nitrogens with one attached hydrogen (secondary N) is 1. The van der Waals surface area contributed by atoms with Crippen LogP contribution >= 0.6 is 0 Å². The monoisotopic (exact) mass is 387 g/mol. The maximum atomic E-state index is 13.1. The summed E-state index contributed by atoms with van der Waals surface area (Å²) in [7, 11) is 0. The molecule has 0 spiro atoms. The van der Waals surface area contributed by atoms with E-state index in [1.54, 1.807) is 4.68 Å². The molecule has 0 aliphatic carbocycles. The highest BCUT2D eigenvalue weighted by molar-refractivity contribution is 5.99. The van der Waals surface area contributed by atoms with Gasteiger partial charge in [-0.3, -0.25) is 9.59 Å². The first kappa shape index (κ1) is 18.7.